The average Bonchev–Trinajstić information content (AvgIpc) is 2.18. The molecule has 1 rings (SSSR count). The number of nitrogens with two attached hydrogens (primary N) is 2. The molecule has 68 valence electrons. The molecule has 0 aliphatic carbocycles. The molecule has 0 fully saturated rings. The molecule has 0 aromatic carbocycles. The van der Waals surface area contributed by atoms with Crippen LogP contribution >= 0.6 is 11.8 Å². The van der Waals surface area contributed by atoms with Crippen LogP contribution < -0.4 is 11.6 Å². The maximum absolute atomic E-state index is 7.42. The lowest BCUT2D eigenvalue weighted by Gasteiger charge is -1.99. The number of aromatic nitrogens is 1. The van der Waals surface area contributed by atoms with E-state index in [1.807, 2.05) is 6.07 Å². The number of nitrogens with zero attached hydrogens (tertiary/aromatic N) is 2. The van der Waals surface area contributed by atoms with Gasteiger partial charge in [-0.1, -0.05) is 6.07 Å². The summed E-state index contributed by atoms with van der Waals surface area (Å²) in [6.07, 6.45) is 1.64. The fourth-order valence-electron chi connectivity index (χ4n) is 0.623. The third kappa shape index (κ3) is 2.75. The van der Waals surface area contributed by atoms with Gasteiger partial charge >= 0.3 is 0 Å². The van der Waals surface area contributed by atoms with Crippen molar-refractivity contribution in [3.8, 4) is 0 Å². The van der Waals surface area contributed by atoms with E-state index in [9.17, 15) is 0 Å². The molecule has 5 N–H and O–H groups in total. The molecule has 1 aromatic rings. The highest BCUT2D eigenvalue weighted by Gasteiger charge is 2.04. The standard InChI is InChI=1S/C7H9N5S/c8-6(12-10)7(9)13-5-3-1-2-4-11-5/h1-4,9H,10H2,(H2,8,12). The van der Waals surface area contributed by atoms with Gasteiger partial charge in [-0.25, -0.2) is 4.98 Å². The molecule has 5 nitrogen and oxygen atoms in total. The Balaban J connectivity index is 2.66. The maximum Gasteiger partial charge on any atom is 0.175 e. The van der Waals surface area contributed by atoms with E-state index < -0.39 is 0 Å². The second kappa shape index (κ2) is 4.46. The van der Waals surface area contributed by atoms with Crippen LogP contribution in [0.3, 0.4) is 0 Å². The van der Waals surface area contributed by atoms with E-state index in [1.54, 1.807) is 18.3 Å². The number of hydrogen-bond donors (Lipinski definition) is 3. The van der Waals surface area contributed by atoms with E-state index in [0.29, 0.717) is 5.03 Å². The van der Waals surface area contributed by atoms with Crippen molar-refractivity contribution < 1.29 is 0 Å². The Labute approximate surface area is 79.7 Å². The summed E-state index contributed by atoms with van der Waals surface area (Å²) in [7, 11) is 0. The van der Waals surface area contributed by atoms with Gasteiger partial charge in [-0.3, -0.25) is 5.41 Å². The van der Waals surface area contributed by atoms with Crippen molar-refractivity contribution in [1.29, 1.82) is 5.41 Å². The number of thioether (sulfide) groups is 1. The Kier molecular flexibility index (Phi) is 3.27. The molecule has 0 aliphatic rings. The highest BCUT2D eigenvalue weighted by atomic mass is 32.2. The van der Waals surface area contributed by atoms with E-state index in [4.69, 9.17) is 17.0 Å². The van der Waals surface area contributed by atoms with Gasteiger partial charge in [0.1, 0.15) is 10.1 Å². The molecule has 0 amide bonds. The molecular formula is C7H9N5S. The molecule has 0 bridgehead atoms. The van der Waals surface area contributed by atoms with Crippen molar-refractivity contribution in [3.63, 3.8) is 0 Å². The van der Waals surface area contributed by atoms with Crippen molar-refractivity contribution in [2.75, 3.05) is 0 Å². The molecule has 13 heavy (non-hydrogen) atoms. The topological polar surface area (TPSA) is 101 Å². The second-order valence-corrected chi connectivity index (χ2v) is 3.14. The lowest BCUT2D eigenvalue weighted by atomic mass is 10.5. The molecule has 1 aromatic heterocycles. The number of nitrogens with one attached hydrogen (secondary N) is 1. The van der Waals surface area contributed by atoms with Crippen molar-refractivity contribution in [3.05, 3.63) is 24.4 Å². The van der Waals surface area contributed by atoms with Crippen LogP contribution in [0.15, 0.2) is 34.5 Å². The van der Waals surface area contributed by atoms with Gasteiger partial charge in [0.2, 0.25) is 0 Å². The summed E-state index contributed by atoms with van der Waals surface area (Å²) in [6.45, 7) is 0. The molecular weight excluding hydrogens is 186 g/mol. The van der Waals surface area contributed by atoms with Gasteiger partial charge in [0, 0.05) is 6.20 Å². The van der Waals surface area contributed by atoms with Gasteiger partial charge in [0.15, 0.2) is 5.84 Å². The van der Waals surface area contributed by atoms with Crippen LogP contribution in [0.5, 0.6) is 0 Å². The summed E-state index contributed by atoms with van der Waals surface area (Å²) in [5.74, 6) is 4.92. The van der Waals surface area contributed by atoms with Crippen LogP contribution in [0, 0.1) is 5.41 Å². The van der Waals surface area contributed by atoms with Crippen molar-refractivity contribution >= 4 is 22.6 Å². The first-order valence-corrected chi connectivity index (χ1v) is 4.27. The highest BCUT2D eigenvalue weighted by molar-refractivity contribution is 8.15. The normalized spacial score (nSPS) is 11.2. The molecule has 1 heterocycles. The van der Waals surface area contributed by atoms with Crippen LogP contribution in [0.4, 0.5) is 0 Å². The fraction of sp³-hybridized carbons (Fsp3) is 0. The monoisotopic (exact) mass is 195 g/mol. The minimum absolute atomic E-state index is 0.00986. The van der Waals surface area contributed by atoms with Gasteiger partial charge < -0.3 is 11.6 Å². The number of pyridine rings is 1. The predicted octanol–water partition coefficient (Wildman–Crippen LogP) is 0.382. The van der Waals surface area contributed by atoms with Gasteiger partial charge in [0.05, 0.1) is 0 Å². The third-order valence-electron chi connectivity index (χ3n) is 1.22. The Morgan fingerprint density at radius 3 is 2.85 bits per heavy atom. The van der Waals surface area contributed by atoms with Gasteiger partial charge in [-0.2, -0.15) is 5.10 Å². The molecule has 0 saturated carbocycles. The number of hydrogen-bond acceptors (Lipinski definition) is 5. The van der Waals surface area contributed by atoms with Crippen LogP contribution in [0.2, 0.25) is 0 Å². The molecule has 6 heteroatoms. The summed E-state index contributed by atoms with van der Waals surface area (Å²) in [5.41, 5.74) is 5.32. The maximum atomic E-state index is 7.42. The van der Waals surface area contributed by atoms with Crippen molar-refractivity contribution in [1.82, 2.24) is 4.98 Å². The molecule has 0 spiro atoms. The van der Waals surface area contributed by atoms with E-state index in [0.717, 1.165) is 11.8 Å². The second-order valence-electron chi connectivity index (χ2n) is 2.11. The quantitative estimate of drug-likeness (QED) is 0.198. The summed E-state index contributed by atoms with van der Waals surface area (Å²) < 4.78 is 0. The fourth-order valence-corrected chi connectivity index (χ4v) is 1.25. The van der Waals surface area contributed by atoms with Crippen LogP contribution in [-0.4, -0.2) is 15.9 Å². The Morgan fingerprint density at radius 1 is 1.54 bits per heavy atom. The third-order valence-corrected chi connectivity index (χ3v) is 2.08. The lowest BCUT2D eigenvalue weighted by molar-refractivity contribution is 1.14. The summed E-state index contributed by atoms with van der Waals surface area (Å²) in [5, 5.41) is 11.4. The average molecular weight is 195 g/mol. The van der Waals surface area contributed by atoms with Gasteiger partial charge in [-0.05, 0) is 23.9 Å². The minimum atomic E-state index is 0.00986. The van der Waals surface area contributed by atoms with Crippen LogP contribution in [-0.2, 0) is 0 Å². The summed E-state index contributed by atoms with van der Waals surface area (Å²) >= 11 is 1.11. The lowest BCUT2D eigenvalue weighted by Crippen LogP contribution is -2.22. The van der Waals surface area contributed by atoms with Gasteiger partial charge in [-0.15, -0.1) is 0 Å². The van der Waals surface area contributed by atoms with Crippen LogP contribution in [0.25, 0.3) is 0 Å². The Morgan fingerprint density at radius 2 is 2.31 bits per heavy atom. The predicted molar refractivity (Wildman–Crippen MR) is 53.6 cm³/mol. The van der Waals surface area contributed by atoms with E-state index in [1.165, 1.54) is 0 Å². The van der Waals surface area contributed by atoms with E-state index in [2.05, 4.69) is 10.1 Å². The van der Waals surface area contributed by atoms with Crippen molar-refractivity contribution in [2.45, 2.75) is 5.03 Å². The Bertz CT molecular complexity index is 321. The zero-order valence-corrected chi connectivity index (χ0v) is 7.58. The first-order chi connectivity index (χ1) is 6.24. The SMILES string of the molecule is N=C(Sc1ccccn1)C(N)=NN. The van der Waals surface area contributed by atoms with Crippen molar-refractivity contribution in [2.24, 2.45) is 16.7 Å². The molecule has 0 aliphatic heterocycles. The molecule has 0 radical (unpaired) electrons. The van der Waals surface area contributed by atoms with E-state index >= 15 is 0 Å². The molecule has 0 atom stereocenters. The Hall–Kier alpha value is -1.56. The zero-order chi connectivity index (χ0) is 9.68. The smallest absolute Gasteiger partial charge is 0.175 e. The zero-order valence-electron chi connectivity index (χ0n) is 6.77. The largest absolute Gasteiger partial charge is 0.380 e. The summed E-state index contributed by atoms with van der Waals surface area (Å²) in [4.78, 5) is 4.01. The van der Waals surface area contributed by atoms with Gasteiger partial charge in [0.25, 0.3) is 0 Å². The summed E-state index contributed by atoms with van der Waals surface area (Å²) in [6, 6.07) is 5.41. The first-order valence-electron chi connectivity index (χ1n) is 3.45. The number of amidine groups is 1. The minimum Gasteiger partial charge on any atom is -0.380 e. The first kappa shape index (κ1) is 9.53. The van der Waals surface area contributed by atoms with E-state index in [-0.39, 0.29) is 10.9 Å². The number of rotatable bonds is 1. The molecule has 0 saturated heterocycles. The number of hydrazone groups is 1. The molecule has 0 unspecified atom stereocenters. The highest BCUT2D eigenvalue weighted by Crippen LogP contribution is 2.14. The van der Waals surface area contributed by atoms with Crippen LogP contribution in [0.1, 0.15) is 0 Å².